The van der Waals surface area contributed by atoms with Crippen molar-refractivity contribution in [1.29, 1.82) is 0 Å². The molecule has 0 radical (unpaired) electrons. The van der Waals surface area contributed by atoms with E-state index in [0.29, 0.717) is 18.9 Å². The van der Waals surface area contributed by atoms with E-state index in [1.807, 2.05) is 18.2 Å². The summed E-state index contributed by atoms with van der Waals surface area (Å²) in [6, 6.07) is 5.66. The second-order valence-electron chi connectivity index (χ2n) is 4.58. The number of terminal acetylenes is 1. The molecule has 1 rings (SSSR count). The van der Waals surface area contributed by atoms with Crippen LogP contribution in [-0.4, -0.2) is 13.2 Å². The molecule has 0 saturated heterocycles. The van der Waals surface area contributed by atoms with Gasteiger partial charge in [0.05, 0.1) is 6.61 Å². The maximum absolute atomic E-state index is 6.00. The number of benzene rings is 1. The lowest BCUT2D eigenvalue weighted by molar-refractivity contribution is 0.322. The van der Waals surface area contributed by atoms with Crippen molar-refractivity contribution in [3.63, 3.8) is 0 Å². The van der Waals surface area contributed by atoms with Crippen molar-refractivity contribution in [2.24, 2.45) is 5.92 Å². The monoisotopic (exact) mass is 265 g/mol. The number of hydrogen-bond acceptors (Lipinski definition) is 2. The smallest absolute Gasteiger partial charge is 0.123 e. The molecule has 98 valence electrons. The van der Waals surface area contributed by atoms with Gasteiger partial charge in [0, 0.05) is 23.6 Å². The summed E-state index contributed by atoms with van der Waals surface area (Å²) in [6.45, 7) is 6.61. The predicted molar refractivity (Wildman–Crippen MR) is 76.9 cm³/mol. The number of halogens is 1. The second kappa shape index (κ2) is 8.02. The van der Waals surface area contributed by atoms with Crippen molar-refractivity contribution in [2.75, 3.05) is 13.2 Å². The van der Waals surface area contributed by atoms with E-state index in [-0.39, 0.29) is 0 Å². The van der Waals surface area contributed by atoms with Crippen LogP contribution in [0.3, 0.4) is 0 Å². The van der Waals surface area contributed by atoms with Crippen LogP contribution >= 0.6 is 11.6 Å². The molecule has 0 fully saturated rings. The highest BCUT2D eigenvalue weighted by molar-refractivity contribution is 6.30. The Balaban J connectivity index is 2.62. The van der Waals surface area contributed by atoms with Gasteiger partial charge in [0.25, 0.3) is 0 Å². The maximum Gasteiger partial charge on any atom is 0.123 e. The summed E-state index contributed by atoms with van der Waals surface area (Å²) in [4.78, 5) is 0. The SMILES string of the molecule is C#CCCOc1ccc(Cl)cc1CNCC(C)C. The molecule has 0 heterocycles. The Morgan fingerprint density at radius 3 is 2.89 bits per heavy atom. The standard InChI is InChI=1S/C15H20ClNO/c1-4-5-8-18-15-7-6-14(16)9-13(15)11-17-10-12(2)3/h1,6-7,9,12,17H,5,8,10-11H2,2-3H3. The zero-order chi connectivity index (χ0) is 13.4. The van der Waals surface area contributed by atoms with Crippen LogP contribution in [0.5, 0.6) is 5.75 Å². The van der Waals surface area contributed by atoms with Crippen LogP contribution < -0.4 is 10.1 Å². The average molecular weight is 266 g/mol. The fraction of sp³-hybridized carbons (Fsp3) is 0.467. The van der Waals surface area contributed by atoms with E-state index in [1.54, 1.807) is 0 Å². The lowest BCUT2D eigenvalue weighted by Gasteiger charge is -2.13. The van der Waals surface area contributed by atoms with Gasteiger partial charge in [-0.3, -0.25) is 0 Å². The minimum Gasteiger partial charge on any atom is -0.492 e. The van der Waals surface area contributed by atoms with Crippen LogP contribution in [0.25, 0.3) is 0 Å². The van der Waals surface area contributed by atoms with Gasteiger partial charge in [0.15, 0.2) is 0 Å². The highest BCUT2D eigenvalue weighted by Crippen LogP contribution is 2.23. The summed E-state index contributed by atoms with van der Waals surface area (Å²) in [7, 11) is 0. The third-order valence-corrected chi connectivity index (χ3v) is 2.63. The summed E-state index contributed by atoms with van der Waals surface area (Å²) in [6.07, 6.45) is 5.82. The van der Waals surface area contributed by atoms with Crippen molar-refractivity contribution in [1.82, 2.24) is 5.32 Å². The Kier molecular flexibility index (Phi) is 6.64. The number of ether oxygens (including phenoxy) is 1. The molecule has 0 spiro atoms. The third-order valence-electron chi connectivity index (χ3n) is 2.39. The Morgan fingerprint density at radius 1 is 1.44 bits per heavy atom. The van der Waals surface area contributed by atoms with E-state index >= 15 is 0 Å². The Morgan fingerprint density at radius 2 is 2.22 bits per heavy atom. The van der Waals surface area contributed by atoms with Gasteiger partial charge in [-0.25, -0.2) is 0 Å². The fourth-order valence-corrected chi connectivity index (χ4v) is 1.74. The van der Waals surface area contributed by atoms with Crippen molar-refractivity contribution < 1.29 is 4.74 Å². The number of hydrogen-bond donors (Lipinski definition) is 1. The molecule has 1 aromatic rings. The molecule has 2 nitrogen and oxygen atoms in total. The molecule has 0 bridgehead atoms. The van der Waals surface area contributed by atoms with Crippen LogP contribution in [0.15, 0.2) is 18.2 Å². The lowest BCUT2D eigenvalue weighted by atomic mass is 10.2. The zero-order valence-electron chi connectivity index (χ0n) is 11.0. The molecule has 0 atom stereocenters. The molecule has 1 N–H and O–H groups in total. The number of nitrogens with one attached hydrogen (secondary N) is 1. The Hall–Kier alpha value is -1.17. The van der Waals surface area contributed by atoms with Crippen LogP contribution in [0.4, 0.5) is 0 Å². The van der Waals surface area contributed by atoms with Crippen LogP contribution in [0.2, 0.25) is 5.02 Å². The molecular weight excluding hydrogens is 246 g/mol. The Bertz CT molecular complexity index is 409. The maximum atomic E-state index is 6.00. The summed E-state index contributed by atoms with van der Waals surface area (Å²) in [5, 5.41) is 4.10. The molecule has 0 aliphatic rings. The molecule has 0 saturated carbocycles. The van der Waals surface area contributed by atoms with E-state index in [4.69, 9.17) is 22.8 Å². The van der Waals surface area contributed by atoms with E-state index in [9.17, 15) is 0 Å². The third kappa shape index (κ3) is 5.44. The van der Waals surface area contributed by atoms with Gasteiger partial charge in [-0.15, -0.1) is 12.3 Å². The summed E-state index contributed by atoms with van der Waals surface area (Å²) >= 11 is 6.00. The van der Waals surface area contributed by atoms with Gasteiger partial charge in [-0.2, -0.15) is 0 Å². The fourth-order valence-electron chi connectivity index (χ4n) is 1.54. The highest BCUT2D eigenvalue weighted by Gasteiger charge is 2.05. The van der Waals surface area contributed by atoms with E-state index in [2.05, 4.69) is 25.1 Å². The summed E-state index contributed by atoms with van der Waals surface area (Å²) in [5.74, 6) is 4.03. The van der Waals surface area contributed by atoms with Gasteiger partial charge in [-0.05, 0) is 30.7 Å². The molecule has 0 aliphatic carbocycles. The first-order valence-electron chi connectivity index (χ1n) is 6.19. The van der Waals surface area contributed by atoms with Crippen molar-refractivity contribution >= 4 is 11.6 Å². The first-order chi connectivity index (χ1) is 8.63. The van der Waals surface area contributed by atoms with Crippen molar-refractivity contribution in [2.45, 2.75) is 26.8 Å². The first-order valence-corrected chi connectivity index (χ1v) is 6.56. The van der Waals surface area contributed by atoms with Crippen LogP contribution in [-0.2, 0) is 6.54 Å². The number of rotatable bonds is 7. The topological polar surface area (TPSA) is 21.3 Å². The first kappa shape index (κ1) is 14.9. The van der Waals surface area contributed by atoms with Crippen molar-refractivity contribution in [3.05, 3.63) is 28.8 Å². The molecule has 0 aliphatic heterocycles. The van der Waals surface area contributed by atoms with E-state index < -0.39 is 0 Å². The van der Waals surface area contributed by atoms with E-state index in [0.717, 1.165) is 29.4 Å². The molecule has 0 unspecified atom stereocenters. The van der Waals surface area contributed by atoms with E-state index in [1.165, 1.54) is 0 Å². The van der Waals surface area contributed by atoms with Gasteiger partial charge in [0.1, 0.15) is 5.75 Å². The van der Waals surface area contributed by atoms with Crippen molar-refractivity contribution in [3.8, 4) is 18.1 Å². The highest BCUT2D eigenvalue weighted by atomic mass is 35.5. The minimum atomic E-state index is 0.537. The summed E-state index contributed by atoms with van der Waals surface area (Å²) in [5.41, 5.74) is 1.07. The summed E-state index contributed by atoms with van der Waals surface area (Å²) < 4.78 is 5.65. The quantitative estimate of drug-likeness (QED) is 0.602. The predicted octanol–water partition coefficient (Wildman–Crippen LogP) is 3.49. The minimum absolute atomic E-state index is 0.537. The van der Waals surface area contributed by atoms with Crippen LogP contribution in [0, 0.1) is 18.3 Å². The lowest BCUT2D eigenvalue weighted by Crippen LogP contribution is -2.19. The molecule has 18 heavy (non-hydrogen) atoms. The largest absolute Gasteiger partial charge is 0.492 e. The average Bonchev–Trinajstić information content (AvgIpc) is 2.31. The normalized spacial score (nSPS) is 10.4. The molecule has 1 aromatic carbocycles. The zero-order valence-corrected chi connectivity index (χ0v) is 11.8. The molecule has 0 amide bonds. The van der Waals surface area contributed by atoms with Gasteiger partial charge in [0.2, 0.25) is 0 Å². The van der Waals surface area contributed by atoms with Gasteiger partial charge in [-0.1, -0.05) is 25.4 Å². The van der Waals surface area contributed by atoms with Gasteiger partial charge < -0.3 is 10.1 Å². The molecule has 0 aromatic heterocycles. The second-order valence-corrected chi connectivity index (χ2v) is 5.02. The van der Waals surface area contributed by atoms with Gasteiger partial charge >= 0.3 is 0 Å². The molecular formula is C15H20ClNO. The van der Waals surface area contributed by atoms with Crippen LogP contribution in [0.1, 0.15) is 25.8 Å². The molecule has 3 heteroatoms. The Labute approximate surface area is 115 Å².